The van der Waals surface area contributed by atoms with Crippen LogP contribution in [-0.2, 0) is 6.42 Å². The van der Waals surface area contributed by atoms with E-state index < -0.39 is 0 Å². The van der Waals surface area contributed by atoms with Gasteiger partial charge in [0, 0.05) is 5.69 Å². The molecule has 0 aliphatic rings. The molecule has 21 heavy (non-hydrogen) atoms. The zero-order valence-electron chi connectivity index (χ0n) is 12.6. The number of phenolic OH excluding ortho intramolecular Hbond substituents is 1. The maximum atomic E-state index is 9.76. The summed E-state index contributed by atoms with van der Waals surface area (Å²) in [5.74, 6) is 0.279. The van der Waals surface area contributed by atoms with Gasteiger partial charge in [-0.15, -0.1) is 0 Å². The molecule has 0 saturated heterocycles. The van der Waals surface area contributed by atoms with E-state index in [2.05, 4.69) is 18.3 Å². The van der Waals surface area contributed by atoms with Crippen LogP contribution < -0.4 is 5.32 Å². The maximum absolute atomic E-state index is 9.76. The monoisotopic (exact) mass is 285 g/mol. The first kappa shape index (κ1) is 15.4. The van der Waals surface area contributed by atoms with Crippen molar-refractivity contribution >= 4 is 5.69 Å². The van der Waals surface area contributed by atoms with Gasteiger partial charge in [-0.1, -0.05) is 30.3 Å². The normalized spacial score (nSPS) is 13.7. The number of benzene rings is 2. The average Bonchev–Trinajstić information content (AvgIpc) is 2.49. The van der Waals surface area contributed by atoms with E-state index in [-0.39, 0.29) is 17.9 Å². The molecule has 2 rings (SSSR count). The SMILES string of the molecule is Cc1ccccc1NC(C)(CO)CCc1ccc(O)cc1. The topological polar surface area (TPSA) is 52.5 Å². The first-order chi connectivity index (χ1) is 10.0. The molecule has 0 aromatic heterocycles. The standard InChI is InChI=1S/C18H23NO2/c1-14-5-3-4-6-17(14)19-18(2,13-20)12-11-15-7-9-16(21)10-8-15/h3-10,19-21H,11-13H2,1-2H3. The van der Waals surface area contributed by atoms with Gasteiger partial charge < -0.3 is 15.5 Å². The summed E-state index contributed by atoms with van der Waals surface area (Å²) < 4.78 is 0. The predicted octanol–water partition coefficient (Wildman–Crippen LogP) is 3.50. The van der Waals surface area contributed by atoms with Crippen LogP contribution in [0.3, 0.4) is 0 Å². The van der Waals surface area contributed by atoms with Crippen molar-refractivity contribution in [1.82, 2.24) is 0 Å². The van der Waals surface area contributed by atoms with Crippen molar-refractivity contribution < 1.29 is 10.2 Å². The molecule has 3 N–H and O–H groups in total. The van der Waals surface area contributed by atoms with E-state index in [4.69, 9.17) is 0 Å². The van der Waals surface area contributed by atoms with Gasteiger partial charge in [0.25, 0.3) is 0 Å². The minimum atomic E-state index is -0.371. The Hall–Kier alpha value is -2.00. The van der Waals surface area contributed by atoms with E-state index in [1.54, 1.807) is 12.1 Å². The molecular formula is C18H23NO2. The lowest BCUT2D eigenvalue weighted by molar-refractivity contribution is 0.215. The highest BCUT2D eigenvalue weighted by molar-refractivity contribution is 5.52. The second kappa shape index (κ2) is 6.64. The number of phenols is 1. The van der Waals surface area contributed by atoms with Crippen molar-refractivity contribution in [2.45, 2.75) is 32.2 Å². The summed E-state index contributed by atoms with van der Waals surface area (Å²) in [7, 11) is 0. The minimum absolute atomic E-state index is 0.0689. The van der Waals surface area contributed by atoms with Gasteiger partial charge in [-0.2, -0.15) is 0 Å². The van der Waals surface area contributed by atoms with Crippen LogP contribution in [0, 0.1) is 6.92 Å². The van der Waals surface area contributed by atoms with Crippen LogP contribution in [0.5, 0.6) is 5.75 Å². The highest BCUT2D eigenvalue weighted by atomic mass is 16.3. The molecule has 0 fully saturated rings. The van der Waals surface area contributed by atoms with Crippen molar-refractivity contribution in [2.75, 3.05) is 11.9 Å². The highest BCUT2D eigenvalue weighted by Crippen LogP contribution is 2.23. The molecule has 0 aliphatic carbocycles. The number of aryl methyl sites for hydroxylation is 2. The number of hydrogen-bond acceptors (Lipinski definition) is 3. The third kappa shape index (κ3) is 4.23. The Morgan fingerprint density at radius 1 is 1.05 bits per heavy atom. The lowest BCUT2D eigenvalue weighted by Crippen LogP contribution is -2.39. The predicted molar refractivity (Wildman–Crippen MR) is 86.7 cm³/mol. The van der Waals surface area contributed by atoms with Crippen molar-refractivity contribution in [3.63, 3.8) is 0 Å². The maximum Gasteiger partial charge on any atom is 0.115 e. The number of hydrogen-bond donors (Lipinski definition) is 3. The summed E-state index contributed by atoms with van der Waals surface area (Å²) in [6.45, 7) is 4.15. The summed E-state index contributed by atoms with van der Waals surface area (Å²) >= 11 is 0. The van der Waals surface area contributed by atoms with Gasteiger partial charge in [-0.05, 0) is 56.0 Å². The van der Waals surface area contributed by atoms with Crippen LogP contribution in [0.1, 0.15) is 24.5 Å². The Kier molecular flexibility index (Phi) is 4.86. The number of aromatic hydroxyl groups is 1. The molecule has 0 aliphatic heterocycles. The Morgan fingerprint density at radius 3 is 2.33 bits per heavy atom. The zero-order chi connectivity index (χ0) is 15.3. The summed E-state index contributed by atoms with van der Waals surface area (Å²) in [6, 6.07) is 15.3. The lowest BCUT2D eigenvalue weighted by atomic mass is 9.93. The van der Waals surface area contributed by atoms with Gasteiger partial charge in [-0.25, -0.2) is 0 Å². The summed E-state index contributed by atoms with van der Waals surface area (Å²) in [4.78, 5) is 0. The molecule has 2 aromatic carbocycles. The van der Waals surface area contributed by atoms with Gasteiger partial charge in [0.1, 0.15) is 5.75 Å². The number of para-hydroxylation sites is 1. The van der Waals surface area contributed by atoms with Gasteiger partial charge in [0.2, 0.25) is 0 Å². The second-order valence-corrected chi connectivity index (χ2v) is 5.83. The number of aliphatic hydroxyl groups excluding tert-OH is 1. The zero-order valence-corrected chi connectivity index (χ0v) is 12.6. The van der Waals surface area contributed by atoms with Crippen molar-refractivity contribution in [3.8, 4) is 5.75 Å². The first-order valence-electron chi connectivity index (χ1n) is 7.25. The Labute approximate surface area is 126 Å². The molecule has 2 aromatic rings. The van der Waals surface area contributed by atoms with Crippen LogP contribution in [0.15, 0.2) is 48.5 Å². The van der Waals surface area contributed by atoms with Crippen molar-refractivity contribution in [2.24, 2.45) is 0 Å². The third-order valence-corrected chi connectivity index (χ3v) is 3.83. The second-order valence-electron chi connectivity index (χ2n) is 5.83. The smallest absolute Gasteiger partial charge is 0.115 e. The highest BCUT2D eigenvalue weighted by Gasteiger charge is 2.23. The fourth-order valence-corrected chi connectivity index (χ4v) is 2.30. The van der Waals surface area contributed by atoms with Crippen LogP contribution >= 0.6 is 0 Å². The molecule has 0 radical (unpaired) electrons. The van der Waals surface area contributed by atoms with Gasteiger partial charge in [0.05, 0.1) is 12.1 Å². The number of rotatable bonds is 6. The molecular weight excluding hydrogens is 262 g/mol. The molecule has 112 valence electrons. The Morgan fingerprint density at radius 2 is 1.71 bits per heavy atom. The first-order valence-corrected chi connectivity index (χ1v) is 7.25. The van der Waals surface area contributed by atoms with Gasteiger partial charge >= 0.3 is 0 Å². The fraction of sp³-hybridized carbons (Fsp3) is 0.333. The van der Waals surface area contributed by atoms with E-state index in [0.717, 1.165) is 24.1 Å². The van der Waals surface area contributed by atoms with Crippen LogP contribution in [-0.4, -0.2) is 22.4 Å². The van der Waals surface area contributed by atoms with Crippen molar-refractivity contribution in [1.29, 1.82) is 0 Å². The number of aliphatic hydroxyl groups is 1. The fourth-order valence-electron chi connectivity index (χ4n) is 2.30. The Balaban J connectivity index is 2.03. The van der Waals surface area contributed by atoms with Crippen LogP contribution in [0.25, 0.3) is 0 Å². The number of nitrogens with one attached hydrogen (secondary N) is 1. The van der Waals surface area contributed by atoms with E-state index >= 15 is 0 Å². The molecule has 3 heteroatoms. The minimum Gasteiger partial charge on any atom is -0.508 e. The van der Waals surface area contributed by atoms with Gasteiger partial charge in [0.15, 0.2) is 0 Å². The largest absolute Gasteiger partial charge is 0.508 e. The van der Waals surface area contributed by atoms with Crippen molar-refractivity contribution in [3.05, 3.63) is 59.7 Å². The van der Waals surface area contributed by atoms with E-state index in [9.17, 15) is 10.2 Å². The molecule has 0 spiro atoms. The molecule has 1 unspecified atom stereocenters. The molecule has 0 bridgehead atoms. The van der Waals surface area contributed by atoms with Crippen LogP contribution in [0.2, 0.25) is 0 Å². The Bertz CT molecular complexity index is 580. The molecule has 3 nitrogen and oxygen atoms in total. The summed E-state index contributed by atoms with van der Waals surface area (Å²) in [6.07, 6.45) is 1.65. The molecule has 1 atom stereocenters. The molecule has 0 saturated carbocycles. The lowest BCUT2D eigenvalue weighted by Gasteiger charge is -2.31. The van der Waals surface area contributed by atoms with E-state index in [1.807, 2.05) is 37.3 Å². The van der Waals surface area contributed by atoms with Crippen LogP contribution in [0.4, 0.5) is 5.69 Å². The summed E-state index contributed by atoms with van der Waals surface area (Å²) in [5.41, 5.74) is 3.00. The average molecular weight is 285 g/mol. The number of anilines is 1. The summed E-state index contributed by atoms with van der Waals surface area (Å²) in [5, 5.41) is 22.5. The quantitative estimate of drug-likeness (QED) is 0.761. The van der Waals surface area contributed by atoms with Gasteiger partial charge in [-0.3, -0.25) is 0 Å². The third-order valence-electron chi connectivity index (χ3n) is 3.83. The van der Waals surface area contributed by atoms with E-state index in [1.165, 1.54) is 5.56 Å². The molecule has 0 amide bonds. The molecule has 0 heterocycles. The van der Waals surface area contributed by atoms with E-state index in [0.29, 0.717) is 0 Å².